The monoisotopic (exact) mass is 298 g/mol. The van der Waals surface area contributed by atoms with Crippen LogP contribution in [0.3, 0.4) is 0 Å². The number of rotatable bonds is 3. The van der Waals surface area contributed by atoms with Crippen molar-refractivity contribution in [3.8, 4) is 0 Å². The molecule has 1 radical (unpaired) electrons. The molecule has 0 unspecified atom stereocenters. The third kappa shape index (κ3) is 2.38. The molecule has 3 aromatic rings. The topological polar surface area (TPSA) is 21.3 Å². The van der Waals surface area contributed by atoms with E-state index < -0.39 is 5.60 Å². The van der Waals surface area contributed by atoms with E-state index in [4.69, 9.17) is 4.65 Å². The van der Waals surface area contributed by atoms with E-state index in [9.17, 15) is 0 Å². The normalized spacial score (nSPS) is 19.2. The first-order valence-electron chi connectivity index (χ1n) is 7.83. The summed E-state index contributed by atoms with van der Waals surface area (Å²) in [7, 11) is 1.72. The van der Waals surface area contributed by atoms with Gasteiger partial charge in [0.15, 0.2) is 0 Å². The fourth-order valence-electron chi connectivity index (χ4n) is 3.36. The van der Waals surface area contributed by atoms with Gasteiger partial charge in [-0.15, -0.1) is 0 Å². The molecule has 3 heteroatoms. The van der Waals surface area contributed by atoms with Crippen LogP contribution in [0.2, 0.25) is 0 Å². The summed E-state index contributed by atoms with van der Waals surface area (Å²) >= 11 is 0. The lowest BCUT2D eigenvalue weighted by Crippen LogP contribution is -2.35. The van der Waals surface area contributed by atoms with Crippen molar-refractivity contribution in [1.29, 1.82) is 0 Å². The Morgan fingerprint density at radius 2 is 1.17 bits per heavy atom. The highest BCUT2D eigenvalue weighted by Crippen LogP contribution is 2.46. The van der Waals surface area contributed by atoms with Crippen molar-refractivity contribution in [3.63, 3.8) is 0 Å². The third-order valence-electron chi connectivity index (χ3n) is 4.42. The first-order chi connectivity index (χ1) is 11.4. The Kier molecular flexibility index (Phi) is 3.74. The lowest BCUT2D eigenvalue weighted by molar-refractivity contribution is 0.118. The molecular formula is C20H17BNO. The van der Waals surface area contributed by atoms with Crippen LogP contribution in [0.4, 0.5) is 0 Å². The zero-order valence-corrected chi connectivity index (χ0v) is 12.7. The Bertz CT molecular complexity index is 722. The predicted molar refractivity (Wildman–Crippen MR) is 92.8 cm³/mol. The van der Waals surface area contributed by atoms with Gasteiger partial charge in [0, 0.05) is 0 Å². The fraction of sp³-hybridized carbons (Fsp3) is 0.100. The molecule has 1 aliphatic rings. The molecule has 1 saturated heterocycles. The van der Waals surface area contributed by atoms with Crippen molar-refractivity contribution in [2.45, 2.75) is 11.6 Å². The highest BCUT2D eigenvalue weighted by molar-refractivity contribution is 6.25. The molecule has 1 heterocycles. The predicted octanol–water partition coefficient (Wildman–Crippen LogP) is 3.83. The molecule has 0 amide bonds. The SMILES string of the molecule is [B]1N[C@H](c2ccccc2)C(c2ccccc2)(c2ccccc2)O1. The molecule has 0 spiro atoms. The second-order valence-electron chi connectivity index (χ2n) is 5.71. The van der Waals surface area contributed by atoms with Gasteiger partial charge in [-0.1, -0.05) is 91.0 Å². The Balaban J connectivity index is 1.93. The zero-order valence-electron chi connectivity index (χ0n) is 12.7. The second kappa shape index (κ2) is 6.03. The first-order valence-corrected chi connectivity index (χ1v) is 7.83. The van der Waals surface area contributed by atoms with Gasteiger partial charge in [-0.2, -0.15) is 0 Å². The molecule has 1 fully saturated rings. The largest absolute Gasteiger partial charge is 0.409 e. The summed E-state index contributed by atoms with van der Waals surface area (Å²) in [5, 5.41) is 3.41. The summed E-state index contributed by atoms with van der Waals surface area (Å²) in [6.45, 7) is 0. The molecule has 1 N–H and O–H groups in total. The fourth-order valence-corrected chi connectivity index (χ4v) is 3.36. The minimum Gasteiger partial charge on any atom is -0.409 e. The Morgan fingerprint density at radius 1 is 0.696 bits per heavy atom. The van der Waals surface area contributed by atoms with Crippen molar-refractivity contribution >= 4 is 7.62 Å². The Labute approximate surface area is 137 Å². The Morgan fingerprint density at radius 3 is 1.70 bits per heavy atom. The van der Waals surface area contributed by atoms with Crippen LogP contribution in [-0.2, 0) is 10.3 Å². The summed E-state index contributed by atoms with van der Waals surface area (Å²) in [5.41, 5.74) is 2.92. The number of hydrogen-bond donors (Lipinski definition) is 1. The summed E-state index contributed by atoms with van der Waals surface area (Å²) in [5.74, 6) is 0. The average Bonchev–Trinajstić information content (AvgIpc) is 3.10. The molecule has 1 aliphatic heterocycles. The molecule has 23 heavy (non-hydrogen) atoms. The molecule has 2 nitrogen and oxygen atoms in total. The number of nitrogens with one attached hydrogen (secondary N) is 1. The summed E-state index contributed by atoms with van der Waals surface area (Å²) in [6.07, 6.45) is 0. The van der Waals surface area contributed by atoms with E-state index >= 15 is 0 Å². The lowest BCUT2D eigenvalue weighted by Gasteiger charge is -2.36. The molecule has 0 aliphatic carbocycles. The van der Waals surface area contributed by atoms with E-state index in [1.807, 2.05) is 18.2 Å². The van der Waals surface area contributed by atoms with E-state index in [1.54, 1.807) is 7.62 Å². The van der Waals surface area contributed by atoms with Crippen LogP contribution >= 0.6 is 0 Å². The van der Waals surface area contributed by atoms with Crippen LogP contribution in [0.25, 0.3) is 0 Å². The van der Waals surface area contributed by atoms with Crippen molar-refractivity contribution in [3.05, 3.63) is 108 Å². The summed E-state index contributed by atoms with van der Waals surface area (Å²) in [4.78, 5) is 0. The van der Waals surface area contributed by atoms with E-state index in [2.05, 4.69) is 78.0 Å². The molecule has 4 rings (SSSR count). The van der Waals surface area contributed by atoms with Crippen molar-refractivity contribution in [2.75, 3.05) is 0 Å². The first kappa shape index (κ1) is 14.3. The van der Waals surface area contributed by atoms with E-state index in [0.29, 0.717) is 0 Å². The van der Waals surface area contributed by atoms with Crippen LogP contribution < -0.4 is 5.23 Å². The lowest BCUT2D eigenvalue weighted by atomic mass is 9.78. The van der Waals surface area contributed by atoms with Crippen molar-refractivity contribution in [2.24, 2.45) is 0 Å². The smallest absolute Gasteiger partial charge is 0.397 e. The summed E-state index contributed by atoms with van der Waals surface area (Å²) < 4.78 is 6.24. The van der Waals surface area contributed by atoms with Crippen LogP contribution in [0, 0.1) is 0 Å². The van der Waals surface area contributed by atoms with Crippen LogP contribution in [-0.4, -0.2) is 7.62 Å². The quantitative estimate of drug-likeness (QED) is 0.742. The Hall–Kier alpha value is -2.36. The average molecular weight is 298 g/mol. The minimum absolute atomic E-state index is 0.0218. The van der Waals surface area contributed by atoms with Gasteiger partial charge >= 0.3 is 7.62 Å². The second-order valence-corrected chi connectivity index (χ2v) is 5.71. The van der Waals surface area contributed by atoms with Gasteiger partial charge < -0.3 is 9.88 Å². The zero-order chi connectivity index (χ0) is 15.5. The van der Waals surface area contributed by atoms with E-state index in [1.165, 1.54) is 5.56 Å². The van der Waals surface area contributed by atoms with Crippen LogP contribution in [0.5, 0.6) is 0 Å². The molecule has 0 bridgehead atoms. The molecule has 0 aromatic heterocycles. The number of benzene rings is 3. The maximum Gasteiger partial charge on any atom is 0.397 e. The maximum atomic E-state index is 6.24. The highest BCUT2D eigenvalue weighted by atomic mass is 16.5. The van der Waals surface area contributed by atoms with Gasteiger partial charge in [-0.25, -0.2) is 0 Å². The molecular weight excluding hydrogens is 281 g/mol. The highest BCUT2D eigenvalue weighted by Gasteiger charge is 2.48. The third-order valence-corrected chi connectivity index (χ3v) is 4.42. The van der Waals surface area contributed by atoms with E-state index in [-0.39, 0.29) is 6.04 Å². The number of hydrogen-bond acceptors (Lipinski definition) is 2. The van der Waals surface area contributed by atoms with Crippen LogP contribution in [0.1, 0.15) is 22.7 Å². The maximum absolute atomic E-state index is 6.24. The van der Waals surface area contributed by atoms with Crippen LogP contribution in [0.15, 0.2) is 91.0 Å². The van der Waals surface area contributed by atoms with Gasteiger partial charge in [0.05, 0.1) is 6.04 Å². The van der Waals surface area contributed by atoms with Gasteiger partial charge in [0.2, 0.25) is 0 Å². The van der Waals surface area contributed by atoms with Gasteiger partial charge in [0.25, 0.3) is 0 Å². The van der Waals surface area contributed by atoms with Crippen molar-refractivity contribution < 1.29 is 4.65 Å². The van der Waals surface area contributed by atoms with Gasteiger partial charge in [-0.3, -0.25) is 0 Å². The molecule has 111 valence electrons. The standard InChI is InChI=1S/C20H17BNO/c1-4-10-16(11-5-1)19-20(23-21-22-19,17-12-6-2-7-13-17)18-14-8-3-9-15-18/h1-15,19,22H/t19-/m1/s1. The van der Waals surface area contributed by atoms with E-state index in [0.717, 1.165) is 11.1 Å². The summed E-state index contributed by atoms with van der Waals surface area (Å²) in [6, 6.07) is 31.3. The minimum atomic E-state index is -0.566. The molecule has 0 saturated carbocycles. The van der Waals surface area contributed by atoms with Crippen molar-refractivity contribution in [1.82, 2.24) is 5.23 Å². The van der Waals surface area contributed by atoms with Gasteiger partial charge in [-0.05, 0) is 16.7 Å². The molecule has 3 aromatic carbocycles. The molecule has 1 atom stereocenters. The van der Waals surface area contributed by atoms with Gasteiger partial charge in [0.1, 0.15) is 5.60 Å².